The maximum absolute atomic E-state index is 11.3. The Labute approximate surface area is 106 Å². The van der Waals surface area contributed by atoms with Crippen LogP contribution < -0.4 is 16.8 Å². The van der Waals surface area contributed by atoms with E-state index in [4.69, 9.17) is 16.6 Å². The molecule has 6 N–H and O–H groups in total. The third kappa shape index (κ3) is 3.89. The van der Waals surface area contributed by atoms with Crippen LogP contribution in [0, 0.1) is 5.92 Å². The zero-order chi connectivity index (χ0) is 13.5. The van der Waals surface area contributed by atoms with Crippen LogP contribution in [0.25, 0.3) is 0 Å². The SMILES string of the molecule is CCC(CCO)CNc1ncc(N)cc1C(N)=O. The zero-order valence-corrected chi connectivity index (χ0v) is 10.5. The third-order valence-corrected chi connectivity index (χ3v) is 2.85. The first kappa shape index (κ1) is 14.2. The van der Waals surface area contributed by atoms with Crippen molar-refractivity contribution in [1.29, 1.82) is 0 Å². The summed E-state index contributed by atoms with van der Waals surface area (Å²) in [7, 11) is 0. The van der Waals surface area contributed by atoms with Crippen LogP contribution in [-0.4, -0.2) is 29.1 Å². The first-order valence-corrected chi connectivity index (χ1v) is 5.98. The molecular formula is C12H20N4O2. The van der Waals surface area contributed by atoms with E-state index < -0.39 is 5.91 Å². The maximum Gasteiger partial charge on any atom is 0.252 e. The smallest absolute Gasteiger partial charge is 0.252 e. The molecule has 1 rings (SSSR count). The Bertz CT molecular complexity index is 409. The Kier molecular flexibility index (Phi) is 5.38. The largest absolute Gasteiger partial charge is 0.397 e. The number of aliphatic hydroxyl groups is 1. The summed E-state index contributed by atoms with van der Waals surface area (Å²) in [4.78, 5) is 15.3. The Morgan fingerprint density at radius 1 is 1.61 bits per heavy atom. The Morgan fingerprint density at radius 2 is 2.33 bits per heavy atom. The lowest BCUT2D eigenvalue weighted by Gasteiger charge is -2.16. The molecule has 1 aromatic rings. The highest BCUT2D eigenvalue weighted by Gasteiger charge is 2.12. The minimum absolute atomic E-state index is 0.151. The first-order chi connectivity index (χ1) is 8.58. The molecule has 0 aliphatic carbocycles. The van der Waals surface area contributed by atoms with E-state index in [1.54, 1.807) is 0 Å². The molecule has 1 amide bonds. The monoisotopic (exact) mass is 252 g/mol. The van der Waals surface area contributed by atoms with Gasteiger partial charge in [0.1, 0.15) is 5.82 Å². The lowest BCUT2D eigenvalue weighted by Crippen LogP contribution is -2.20. The topological polar surface area (TPSA) is 114 Å². The number of hydrogen-bond acceptors (Lipinski definition) is 5. The van der Waals surface area contributed by atoms with Gasteiger partial charge >= 0.3 is 0 Å². The molecule has 1 aromatic heterocycles. The number of hydrogen-bond donors (Lipinski definition) is 4. The van der Waals surface area contributed by atoms with E-state index >= 15 is 0 Å². The van der Waals surface area contributed by atoms with Crippen molar-refractivity contribution >= 4 is 17.4 Å². The molecule has 0 aliphatic heterocycles. The molecule has 0 saturated heterocycles. The fraction of sp³-hybridized carbons (Fsp3) is 0.500. The van der Waals surface area contributed by atoms with E-state index in [0.29, 0.717) is 30.4 Å². The number of nitrogens with zero attached hydrogens (tertiary/aromatic N) is 1. The summed E-state index contributed by atoms with van der Waals surface area (Å²) < 4.78 is 0. The second-order valence-electron chi connectivity index (χ2n) is 4.20. The van der Waals surface area contributed by atoms with Gasteiger partial charge in [-0.2, -0.15) is 0 Å². The van der Waals surface area contributed by atoms with E-state index in [-0.39, 0.29) is 12.2 Å². The molecule has 6 heteroatoms. The number of primary amides is 1. The van der Waals surface area contributed by atoms with Gasteiger partial charge < -0.3 is 21.9 Å². The van der Waals surface area contributed by atoms with Crippen LogP contribution >= 0.6 is 0 Å². The molecule has 18 heavy (non-hydrogen) atoms. The van der Waals surface area contributed by atoms with Gasteiger partial charge in [-0.15, -0.1) is 0 Å². The molecule has 0 bridgehead atoms. The molecule has 1 atom stereocenters. The minimum atomic E-state index is -0.562. The highest BCUT2D eigenvalue weighted by molar-refractivity contribution is 5.98. The zero-order valence-electron chi connectivity index (χ0n) is 10.5. The molecule has 0 fully saturated rings. The van der Waals surface area contributed by atoms with Crippen molar-refractivity contribution in [2.24, 2.45) is 11.7 Å². The van der Waals surface area contributed by atoms with Crippen LogP contribution in [0.4, 0.5) is 11.5 Å². The number of amides is 1. The standard InChI is InChI=1S/C12H20N4O2/c1-2-8(3-4-17)6-15-12-10(11(14)18)5-9(13)7-16-12/h5,7-8,17H,2-4,6,13H2,1H3,(H2,14,18)(H,15,16). The number of nitrogen functional groups attached to an aromatic ring is 1. The predicted octanol–water partition coefficient (Wildman–Crippen LogP) is 0.583. The quantitative estimate of drug-likeness (QED) is 0.567. The Balaban J connectivity index is 2.74. The molecule has 0 radical (unpaired) electrons. The molecule has 100 valence electrons. The van der Waals surface area contributed by atoms with E-state index in [9.17, 15) is 4.79 Å². The summed E-state index contributed by atoms with van der Waals surface area (Å²) in [6.07, 6.45) is 3.13. The van der Waals surface area contributed by atoms with E-state index in [1.807, 2.05) is 6.92 Å². The van der Waals surface area contributed by atoms with Crippen LogP contribution in [0.5, 0.6) is 0 Å². The number of nitrogens with two attached hydrogens (primary N) is 2. The molecule has 0 saturated carbocycles. The maximum atomic E-state index is 11.3. The number of nitrogens with one attached hydrogen (secondary N) is 1. The lowest BCUT2D eigenvalue weighted by molar-refractivity contribution is 0.100. The number of carbonyl (C=O) groups is 1. The van der Waals surface area contributed by atoms with Crippen molar-refractivity contribution in [1.82, 2.24) is 4.98 Å². The van der Waals surface area contributed by atoms with Gasteiger partial charge in [-0.05, 0) is 18.4 Å². The molecule has 6 nitrogen and oxygen atoms in total. The molecule has 1 unspecified atom stereocenters. The van der Waals surface area contributed by atoms with Gasteiger partial charge in [0, 0.05) is 13.2 Å². The highest BCUT2D eigenvalue weighted by Crippen LogP contribution is 2.16. The van der Waals surface area contributed by atoms with Crippen molar-refractivity contribution in [2.75, 3.05) is 24.2 Å². The van der Waals surface area contributed by atoms with E-state index in [2.05, 4.69) is 10.3 Å². The van der Waals surface area contributed by atoms with Gasteiger partial charge in [0.05, 0.1) is 17.4 Å². The summed E-state index contributed by atoms with van der Waals surface area (Å²) >= 11 is 0. The van der Waals surface area contributed by atoms with Crippen LogP contribution in [0.2, 0.25) is 0 Å². The summed E-state index contributed by atoms with van der Waals surface area (Å²) in [6, 6.07) is 1.50. The molecule has 0 aliphatic rings. The van der Waals surface area contributed by atoms with Crippen molar-refractivity contribution in [2.45, 2.75) is 19.8 Å². The van der Waals surface area contributed by atoms with Gasteiger partial charge in [0.2, 0.25) is 0 Å². The van der Waals surface area contributed by atoms with Crippen molar-refractivity contribution in [3.8, 4) is 0 Å². The van der Waals surface area contributed by atoms with Gasteiger partial charge in [0.25, 0.3) is 5.91 Å². The van der Waals surface area contributed by atoms with Gasteiger partial charge in [0.15, 0.2) is 0 Å². The number of rotatable bonds is 7. The Hall–Kier alpha value is -1.82. The number of aromatic nitrogens is 1. The van der Waals surface area contributed by atoms with Gasteiger partial charge in [-0.25, -0.2) is 4.98 Å². The van der Waals surface area contributed by atoms with Crippen molar-refractivity contribution < 1.29 is 9.90 Å². The number of carbonyl (C=O) groups excluding carboxylic acids is 1. The minimum Gasteiger partial charge on any atom is -0.397 e. The van der Waals surface area contributed by atoms with Gasteiger partial charge in [-0.3, -0.25) is 4.79 Å². The molecule has 1 heterocycles. The normalized spacial score (nSPS) is 12.1. The summed E-state index contributed by atoms with van der Waals surface area (Å²) in [6.45, 7) is 2.83. The molecule has 0 aromatic carbocycles. The summed E-state index contributed by atoms with van der Waals surface area (Å²) in [5.74, 6) is 0.204. The fourth-order valence-electron chi connectivity index (χ4n) is 1.68. The van der Waals surface area contributed by atoms with Crippen LogP contribution in [0.3, 0.4) is 0 Å². The van der Waals surface area contributed by atoms with Crippen LogP contribution in [0.1, 0.15) is 30.1 Å². The van der Waals surface area contributed by atoms with E-state index in [0.717, 1.165) is 6.42 Å². The highest BCUT2D eigenvalue weighted by atomic mass is 16.3. The van der Waals surface area contributed by atoms with Gasteiger partial charge in [-0.1, -0.05) is 13.3 Å². The Morgan fingerprint density at radius 3 is 2.89 bits per heavy atom. The van der Waals surface area contributed by atoms with Crippen molar-refractivity contribution in [3.05, 3.63) is 17.8 Å². The summed E-state index contributed by atoms with van der Waals surface area (Å²) in [5, 5.41) is 12.0. The van der Waals surface area contributed by atoms with E-state index in [1.165, 1.54) is 12.3 Å². The second-order valence-corrected chi connectivity index (χ2v) is 4.20. The van der Waals surface area contributed by atoms with Crippen molar-refractivity contribution in [3.63, 3.8) is 0 Å². The fourth-order valence-corrected chi connectivity index (χ4v) is 1.68. The number of pyridine rings is 1. The molecule has 0 spiro atoms. The average Bonchev–Trinajstić information content (AvgIpc) is 2.35. The predicted molar refractivity (Wildman–Crippen MR) is 71.1 cm³/mol. The lowest BCUT2D eigenvalue weighted by atomic mass is 10.0. The molecular weight excluding hydrogens is 232 g/mol. The van der Waals surface area contributed by atoms with Crippen LogP contribution in [-0.2, 0) is 0 Å². The first-order valence-electron chi connectivity index (χ1n) is 5.98. The number of anilines is 2. The third-order valence-electron chi connectivity index (χ3n) is 2.85. The average molecular weight is 252 g/mol. The van der Waals surface area contributed by atoms with Crippen LogP contribution in [0.15, 0.2) is 12.3 Å². The summed E-state index contributed by atoms with van der Waals surface area (Å²) in [5.41, 5.74) is 11.5. The second kappa shape index (κ2) is 6.80. The number of aliphatic hydroxyl groups excluding tert-OH is 1.